The first-order valence-corrected chi connectivity index (χ1v) is 10.4. The van der Waals surface area contributed by atoms with Crippen LogP contribution in [-0.2, 0) is 16.1 Å². The summed E-state index contributed by atoms with van der Waals surface area (Å²) in [6.45, 7) is 6.60. The van der Waals surface area contributed by atoms with Crippen molar-refractivity contribution in [2.45, 2.75) is 20.0 Å². The summed E-state index contributed by atoms with van der Waals surface area (Å²) < 4.78 is 10.9. The van der Waals surface area contributed by atoms with Crippen LogP contribution in [0.2, 0.25) is 0 Å². The third-order valence-electron chi connectivity index (χ3n) is 4.76. The van der Waals surface area contributed by atoms with E-state index in [0.717, 1.165) is 22.3 Å². The largest absolute Gasteiger partial charge is 0.426 e. The molecule has 0 aliphatic heterocycles. The predicted octanol–water partition coefficient (Wildman–Crippen LogP) is 6.13. The van der Waals surface area contributed by atoms with Crippen LogP contribution in [0.4, 0.5) is 0 Å². The standard InChI is InChI=1S/C28H26O4/c1-21(2)24-13-8-23(9-14-24)20-31-19-18-28(30)32-26-15-10-22(11-16-26)12-17-27(29)25-6-4-3-5-7-25/h3-17H,1,18-20H2,2H3. The van der Waals surface area contributed by atoms with Gasteiger partial charge in [-0.25, -0.2) is 0 Å². The molecule has 0 spiro atoms. The molecule has 0 atom stereocenters. The van der Waals surface area contributed by atoms with Crippen molar-refractivity contribution in [1.29, 1.82) is 0 Å². The van der Waals surface area contributed by atoms with E-state index in [2.05, 4.69) is 6.58 Å². The van der Waals surface area contributed by atoms with E-state index in [9.17, 15) is 9.59 Å². The molecule has 32 heavy (non-hydrogen) atoms. The first-order valence-electron chi connectivity index (χ1n) is 10.4. The molecule has 0 heterocycles. The highest BCUT2D eigenvalue weighted by molar-refractivity contribution is 6.06. The number of hydrogen-bond acceptors (Lipinski definition) is 4. The molecule has 4 heteroatoms. The lowest BCUT2D eigenvalue weighted by molar-refractivity contribution is -0.135. The third-order valence-corrected chi connectivity index (χ3v) is 4.76. The molecule has 0 amide bonds. The van der Waals surface area contributed by atoms with Crippen molar-refractivity contribution in [2.75, 3.05) is 6.61 Å². The van der Waals surface area contributed by atoms with E-state index in [1.54, 1.807) is 42.5 Å². The van der Waals surface area contributed by atoms with Crippen molar-refractivity contribution in [3.05, 3.63) is 114 Å². The fraction of sp³-hybridized carbons (Fsp3) is 0.143. The molecule has 0 saturated heterocycles. The average molecular weight is 427 g/mol. The van der Waals surface area contributed by atoms with Crippen LogP contribution in [0.3, 0.4) is 0 Å². The van der Waals surface area contributed by atoms with E-state index in [1.807, 2.05) is 49.4 Å². The van der Waals surface area contributed by atoms with Crippen molar-refractivity contribution < 1.29 is 19.1 Å². The average Bonchev–Trinajstić information content (AvgIpc) is 2.82. The first-order chi connectivity index (χ1) is 15.5. The molecule has 0 radical (unpaired) electrons. The lowest BCUT2D eigenvalue weighted by atomic mass is 10.1. The van der Waals surface area contributed by atoms with Gasteiger partial charge in [-0.1, -0.05) is 85.0 Å². The minimum Gasteiger partial charge on any atom is -0.426 e. The van der Waals surface area contributed by atoms with Crippen LogP contribution in [-0.4, -0.2) is 18.4 Å². The number of ketones is 1. The topological polar surface area (TPSA) is 52.6 Å². The number of ether oxygens (including phenoxy) is 2. The molecule has 3 aromatic carbocycles. The van der Waals surface area contributed by atoms with Gasteiger partial charge in [-0.3, -0.25) is 9.59 Å². The number of hydrogen-bond donors (Lipinski definition) is 0. The Bertz CT molecular complexity index is 1080. The zero-order chi connectivity index (χ0) is 22.8. The van der Waals surface area contributed by atoms with Crippen molar-refractivity contribution in [3.8, 4) is 5.75 Å². The highest BCUT2D eigenvalue weighted by Gasteiger charge is 2.06. The summed E-state index contributed by atoms with van der Waals surface area (Å²) in [6, 6.07) is 24.1. The highest BCUT2D eigenvalue weighted by atomic mass is 16.5. The Balaban J connectivity index is 1.40. The van der Waals surface area contributed by atoms with Crippen LogP contribution in [0.25, 0.3) is 11.6 Å². The normalized spacial score (nSPS) is 10.8. The molecule has 162 valence electrons. The fourth-order valence-corrected chi connectivity index (χ4v) is 2.93. The summed E-state index contributed by atoms with van der Waals surface area (Å²) in [7, 11) is 0. The summed E-state index contributed by atoms with van der Waals surface area (Å²) in [5.74, 6) is 0.0370. The Kier molecular flexibility index (Phi) is 8.29. The summed E-state index contributed by atoms with van der Waals surface area (Å²) >= 11 is 0. The minimum atomic E-state index is -0.356. The Hall–Kier alpha value is -3.76. The van der Waals surface area contributed by atoms with Crippen LogP contribution in [0.5, 0.6) is 5.75 Å². The second-order valence-corrected chi connectivity index (χ2v) is 7.39. The Labute approximate surface area is 188 Å². The summed E-state index contributed by atoms with van der Waals surface area (Å²) in [5, 5.41) is 0. The number of carbonyl (C=O) groups excluding carboxylic acids is 2. The van der Waals surface area contributed by atoms with Gasteiger partial charge in [0.2, 0.25) is 0 Å². The zero-order valence-corrected chi connectivity index (χ0v) is 18.1. The van der Waals surface area contributed by atoms with Gasteiger partial charge >= 0.3 is 5.97 Å². The Morgan fingerprint density at radius 1 is 0.875 bits per heavy atom. The van der Waals surface area contributed by atoms with Crippen LogP contribution in [0.15, 0.2) is 91.5 Å². The Morgan fingerprint density at radius 2 is 1.56 bits per heavy atom. The molecule has 0 aromatic heterocycles. The maximum atomic E-state index is 12.1. The zero-order valence-electron chi connectivity index (χ0n) is 18.1. The van der Waals surface area contributed by atoms with Gasteiger partial charge in [-0.05, 0) is 41.8 Å². The van der Waals surface area contributed by atoms with Gasteiger partial charge in [0.05, 0.1) is 19.6 Å². The van der Waals surface area contributed by atoms with Crippen molar-refractivity contribution in [1.82, 2.24) is 0 Å². The predicted molar refractivity (Wildman–Crippen MR) is 127 cm³/mol. The van der Waals surface area contributed by atoms with Crippen LogP contribution in [0, 0.1) is 0 Å². The third kappa shape index (κ3) is 7.18. The fourth-order valence-electron chi connectivity index (χ4n) is 2.93. The van der Waals surface area contributed by atoms with E-state index in [1.165, 1.54) is 6.08 Å². The number of carbonyl (C=O) groups is 2. The lowest BCUT2D eigenvalue weighted by Gasteiger charge is -2.07. The van der Waals surface area contributed by atoms with Gasteiger partial charge in [0.15, 0.2) is 5.78 Å². The van der Waals surface area contributed by atoms with Crippen LogP contribution < -0.4 is 4.74 Å². The minimum absolute atomic E-state index is 0.0622. The molecule has 0 saturated carbocycles. The molecule has 0 fully saturated rings. The number of allylic oxidation sites excluding steroid dienone is 2. The SMILES string of the molecule is C=C(C)c1ccc(COCCC(=O)Oc2ccc(C=CC(=O)c3ccccc3)cc2)cc1. The molecule has 4 nitrogen and oxygen atoms in total. The van der Waals surface area contributed by atoms with E-state index < -0.39 is 0 Å². The smallest absolute Gasteiger partial charge is 0.313 e. The van der Waals surface area contributed by atoms with Gasteiger partial charge in [-0.2, -0.15) is 0 Å². The van der Waals surface area contributed by atoms with Crippen LogP contribution in [0.1, 0.15) is 40.4 Å². The second-order valence-electron chi connectivity index (χ2n) is 7.39. The lowest BCUT2D eigenvalue weighted by Crippen LogP contribution is -2.11. The number of esters is 1. The van der Waals surface area contributed by atoms with Crippen molar-refractivity contribution in [2.24, 2.45) is 0 Å². The van der Waals surface area contributed by atoms with Gasteiger partial charge in [0.1, 0.15) is 5.75 Å². The summed E-state index contributed by atoms with van der Waals surface area (Å²) in [4.78, 5) is 24.1. The monoisotopic (exact) mass is 426 g/mol. The highest BCUT2D eigenvalue weighted by Crippen LogP contribution is 2.15. The van der Waals surface area contributed by atoms with Crippen molar-refractivity contribution in [3.63, 3.8) is 0 Å². The maximum absolute atomic E-state index is 12.1. The molecule has 0 bridgehead atoms. The van der Waals surface area contributed by atoms with E-state index in [0.29, 0.717) is 17.9 Å². The molecule has 0 N–H and O–H groups in total. The molecule has 0 aliphatic rings. The van der Waals surface area contributed by atoms with Crippen LogP contribution >= 0.6 is 0 Å². The Morgan fingerprint density at radius 3 is 2.22 bits per heavy atom. The van der Waals surface area contributed by atoms with Gasteiger partial charge in [-0.15, -0.1) is 0 Å². The first kappa shape index (κ1) is 22.9. The molecular weight excluding hydrogens is 400 g/mol. The molecular formula is C28H26O4. The molecule has 0 unspecified atom stereocenters. The molecule has 0 aliphatic carbocycles. The summed E-state index contributed by atoms with van der Waals surface area (Å²) in [6.07, 6.45) is 3.43. The van der Waals surface area contributed by atoms with E-state index >= 15 is 0 Å². The quantitative estimate of drug-likeness (QED) is 0.129. The maximum Gasteiger partial charge on any atom is 0.313 e. The molecule has 3 aromatic rings. The van der Waals surface area contributed by atoms with E-state index in [-0.39, 0.29) is 24.8 Å². The second kappa shape index (κ2) is 11.6. The molecule has 3 rings (SSSR count). The van der Waals surface area contributed by atoms with Gasteiger partial charge in [0.25, 0.3) is 0 Å². The summed E-state index contributed by atoms with van der Waals surface area (Å²) in [5.41, 5.74) is 4.64. The van der Waals surface area contributed by atoms with E-state index in [4.69, 9.17) is 9.47 Å². The number of benzene rings is 3. The van der Waals surface area contributed by atoms with Gasteiger partial charge in [0, 0.05) is 5.56 Å². The van der Waals surface area contributed by atoms with Gasteiger partial charge < -0.3 is 9.47 Å². The van der Waals surface area contributed by atoms with Crippen molar-refractivity contribution >= 4 is 23.4 Å². The number of rotatable bonds is 10.